The number of nitrogens with one attached hydrogen (secondary N) is 1. The summed E-state index contributed by atoms with van der Waals surface area (Å²) in [5, 5.41) is 1.07. The molecule has 1 saturated heterocycles. The number of carbonyl (C=O) groups excluding carboxylic acids is 2. The van der Waals surface area contributed by atoms with Crippen LogP contribution in [0.25, 0.3) is 10.9 Å². The van der Waals surface area contributed by atoms with E-state index in [1.165, 1.54) is 12.1 Å². The third-order valence-electron chi connectivity index (χ3n) is 7.06. The number of fused-ring (bicyclic) bond motifs is 4. The molecule has 0 saturated carbocycles. The van der Waals surface area contributed by atoms with Crippen molar-refractivity contribution in [3.63, 3.8) is 0 Å². The summed E-state index contributed by atoms with van der Waals surface area (Å²) in [6.45, 7) is 0.248. The summed E-state index contributed by atoms with van der Waals surface area (Å²) in [5.41, 5.74) is 4.69. The van der Waals surface area contributed by atoms with Crippen LogP contribution in [0.5, 0.6) is 5.75 Å². The average molecular weight is 470 g/mol. The molecule has 176 valence electrons. The quantitative estimate of drug-likeness (QED) is 0.487. The molecule has 1 unspecified atom stereocenters. The van der Waals surface area contributed by atoms with Crippen molar-refractivity contribution in [1.29, 1.82) is 0 Å². The Morgan fingerprint density at radius 3 is 2.49 bits per heavy atom. The number of methoxy groups -OCH3 is 1. The minimum Gasteiger partial charge on any atom is -0.497 e. The lowest BCUT2D eigenvalue weighted by molar-refractivity contribution is -0.159. The molecule has 2 amide bonds. The van der Waals surface area contributed by atoms with E-state index in [1.807, 2.05) is 42.5 Å². The van der Waals surface area contributed by atoms with Gasteiger partial charge in [0.05, 0.1) is 13.2 Å². The molecule has 1 N–H and O–H groups in total. The fourth-order valence-corrected chi connectivity index (χ4v) is 5.40. The van der Waals surface area contributed by atoms with Gasteiger partial charge in [-0.1, -0.05) is 42.5 Å². The molecule has 6 nitrogen and oxygen atoms in total. The Morgan fingerprint density at radius 1 is 1.00 bits per heavy atom. The van der Waals surface area contributed by atoms with E-state index in [4.69, 9.17) is 4.74 Å². The number of amides is 2. The lowest BCUT2D eigenvalue weighted by Crippen LogP contribution is -2.62. The Bertz CT molecular complexity index is 1430. The minimum absolute atomic E-state index is 0.0189. The standard InChI is InChI=1S/C28H24FN3O3/c1-35-20-12-8-18(9-13-20)27-26-22(21-4-2-3-5-23(21)30-26)14-24-28(34)31(16-25(33)32(24)27)15-17-6-10-19(29)11-7-17/h2-13,24,27,30H,14-16H2,1H3/t24-,27?/m0/s1. The second-order valence-electron chi connectivity index (χ2n) is 9.08. The van der Waals surface area contributed by atoms with Gasteiger partial charge in [-0.15, -0.1) is 0 Å². The molecule has 2 atom stereocenters. The molecule has 6 rings (SSSR count). The molecule has 3 heterocycles. The van der Waals surface area contributed by atoms with Crippen LogP contribution in [0.2, 0.25) is 0 Å². The van der Waals surface area contributed by atoms with Crippen LogP contribution >= 0.6 is 0 Å². The second-order valence-corrected chi connectivity index (χ2v) is 9.08. The highest BCUT2D eigenvalue weighted by Crippen LogP contribution is 2.42. The molecule has 4 aromatic rings. The number of carbonyl (C=O) groups is 2. The Labute approximate surface area is 201 Å². The van der Waals surface area contributed by atoms with Crippen molar-refractivity contribution in [3.8, 4) is 5.75 Å². The van der Waals surface area contributed by atoms with E-state index in [-0.39, 0.29) is 30.7 Å². The van der Waals surface area contributed by atoms with Crippen molar-refractivity contribution in [2.45, 2.75) is 25.0 Å². The molecular formula is C28H24FN3O3. The molecule has 1 fully saturated rings. The van der Waals surface area contributed by atoms with Gasteiger partial charge in [-0.05, 0) is 47.0 Å². The number of para-hydroxylation sites is 1. The molecule has 2 aliphatic heterocycles. The molecule has 2 aliphatic rings. The van der Waals surface area contributed by atoms with Gasteiger partial charge in [-0.2, -0.15) is 0 Å². The van der Waals surface area contributed by atoms with Crippen LogP contribution in [0.3, 0.4) is 0 Å². The van der Waals surface area contributed by atoms with Crippen LogP contribution in [0.1, 0.15) is 28.4 Å². The van der Waals surface area contributed by atoms with Crippen LogP contribution in [0.15, 0.2) is 72.8 Å². The molecule has 0 bridgehead atoms. The summed E-state index contributed by atoms with van der Waals surface area (Å²) < 4.78 is 18.7. The van der Waals surface area contributed by atoms with Gasteiger partial charge >= 0.3 is 0 Å². The van der Waals surface area contributed by atoms with Gasteiger partial charge in [-0.3, -0.25) is 9.59 Å². The number of aromatic nitrogens is 1. The van der Waals surface area contributed by atoms with E-state index < -0.39 is 12.1 Å². The van der Waals surface area contributed by atoms with Gasteiger partial charge in [0.25, 0.3) is 0 Å². The van der Waals surface area contributed by atoms with Crippen LogP contribution in [0.4, 0.5) is 4.39 Å². The normalized spacial score (nSPS) is 19.6. The molecule has 35 heavy (non-hydrogen) atoms. The fourth-order valence-electron chi connectivity index (χ4n) is 5.40. The predicted octanol–water partition coefficient (Wildman–Crippen LogP) is 4.20. The number of H-pyrrole nitrogens is 1. The summed E-state index contributed by atoms with van der Waals surface area (Å²) >= 11 is 0. The van der Waals surface area contributed by atoms with Gasteiger partial charge in [-0.25, -0.2) is 4.39 Å². The number of nitrogens with zero attached hydrogens (tertiary/aromatic N) is 2. The topological polar surface area (TPSA) is 65.6 Å². The van der Waals surface area contributed by atoms with Gasteiger partial charge in [0.2, 0.25) is 11.8 Å². The summed E-state index contributed by atoms with van der Waals surface area (Å²) in [6.07, 6.45) is 0.441. The van der Waals surface area contributed by atoms with Crippen LogP contribution < -0.4 is 4.74 Å². The largest absolute Gasteiger partial charge is 0.497 e. The highest BCUT2D eigenvalue weighted by molar-refractivity contribution is 5.97. The first kappa shape index (κ1) is 21.4. The second kappa shape index (κ2) is 8.27. The van der Waals surface area contributed by atoms with Crippen LogP contribution in [-0.4, -0.2) is 46.3 Å². The number of benzene rings is 3. The predicted molar refractivity (Wildman–Crippen MR) is 129 cm³/mol. The third-order valence-corrected chi connectivity index (χ3v) is 7.06. The van der Waals surface area contributed by atoms with E-state index >= 15 is 0 Å². The number of piperazine rings is 1. The fraction of sp³-hybridized carbons (Fsp3) is 0.214. The Balaban J connectivity index is 1.43. The first-order valence-electron chi connectivity index (χ1n) is 11.6. The van der Waals surface area contributed by atoms with E-state index in [0.717, 1.165) is 39.0 Å². The number of hydrogen-bond donors (Lipinski definition) is 1. The van der Waals surface area contributed by atoms with Crippen molar-refractivity contribution >= 4 is 22.7 Å². The van der Waals surface area contributed by atoms with Crippen molar-refractivity contribution in [1.82, 2.24) is 14.8 Å². The number of hydrogen-bond acceptors (Lipinski definition) is 3. The lowest BCUT2D eigenvalue weighted by Gasteiger charge is -2.47. The highest BCUT2D eigenvalue weighted by Gasteiger charge is 2.48. The van der Waals surface area contributed by atoms with Crippen molar-refractivity contribution in [2.24, 2.45) is 0 Å². The number of ether oxygens (including phenoxy) is 1. The van der Waals surface area contributed by atoms with Gasteiger partial charge in [0.15, 0.2) is 0 Å². The smallest absolute Gasteiger partial charge is 0.246 e. The van der Waals surface area contributed by atoms with Gasteiger partial charge in [0, 0.05) is 29.6 Å². The molecule has 0 spiro atoms. The summed E-state index contributed by atoms with van der Waals surface area (Å²) in [6, 6.07) is 20.7. The molecule has 7 heteroatoms. The summed E-state index contributed by atoms with van der Waals surface area (Å²) in [7, 11) is 1.62. The Kier molecular flexibility index (Phi) is 5.06. The molecule has 0 aliphatic carbocycles. The third kappa shape index (κ3) is 3.55. The minimum atomic E-state index is -0.615. The summed E-state index contributed by atoms with van der Waals surface area (Å²) in [5.74, 6) is 0.192. The van der Waals surface area contributed by atoms with Gasteiger partial charge in [0.1, 0.15) is 24.2 Å². The van der Waals surface area contributed by atoms with Crippen molar-refractivity contribution < 1.29 is 18.7 Å². The first-order chi connectivity index (χ1) is 17.0. The van der Waals surface area contributed by atoms with Crippen molar-refractivity contribution in [2.75, 3.05) is 13.7 Å². The maximum Gasteiger partial charge on any atom is 0.246 e. The van der Waals surface area contributed by atoms with Crippen LogP contribution in [0, 0.1) is 5.82 Å². The summed E-state index contributed by atoms with van der Waals surface area (Å²) in [4.78, 5) is 34.2. The molecule has 3 aromatic carbocycles. The Hall–Kier alpha value is -4.13. The number of rotatable bonds is 4. The van der Waals surface area contributed by atoms with Gasteiger partial charge < -0.3 is 19.5 Å². The number of aromatic amines is 1. The monoisotopic (exact) mass is 469 g/mol. The average Bonchev–Trinajstić information content (AvgIpc) is 3.26. The zero-order valence-corrected chi connectivity index (χ0v) is 19.2. The van der Waals surface area contributed by atoms with E-state index in [9.17, 15) is 14.0 Å². The zero-order valence-electron chi connectivity index (χ0n) is 19.2. The zero-order chi connectivity index (χ0) is 24.1. The van der Waals surface area contributed by atoms with E-state index in [0.29, 0.717) is 6.42 Å². The maximum absolute atomic E-state index is 13.7. The van der Waals surface area contributed by atoms with E-state index in [1.54, 1.807) is 29.0 Å². The van der Waals surface area contributed by atoms with Crippen LogP contribution in [-0.2, 0) is 22.6 Å². The van der Waals surface area contributed by atoms with Crippen molar-refractivity contribution in [3.05, 3.63) is 101 Å². The lowest BCUT2D eigenvalue weighted by atomic mass is 9.86. The first-order valence-corrected chi connectivity index (χ1v) is 11.6. The highest BCUT2D eigenvalue weighted by atomic mass is 19.1. The molecular weight excluding hydrogens is 445 g/mol. The van der Waals surface area contributed by atoms with E-state index in [2.05, 4.69) is 11.1 Å². The Morgan fingerprint density at radius 2 is 1.74 bits per heavy atom. The number of halogens is 1. The SMILES string of the molecule is COc1ccc(C2c3[nH]c4ccccc4c3C[C@H]3C(=O)N(Cc4ccc(F)cc4)CC(=O)N23)cc1. The molecule has 1 aromatic heterocycles. The molecule has 0 radical (unpaired) electrons. The maximum atomic E-state index is 13.7.